The van der Waals surface area contributed by atoms with Gasteiger partial charge in [0.15, 0.2) is 11.5 Å². The van der Waals surface area contributed by atoms with Gasteiger partial charge in [0.1, 0.15) is 0 Å². The molecule has 0 aromatic heterocycles. The lowest BCUT2D eigenvalue weighted by Crippen LogP contribution is -2.55. The third-order valence-corrected chi connectivity index (χ3v) is 5.14. The van der Waals surface area contributed by atoms with Crippen LogP contribution in [0, 0.1) is 0 Å². The van der Waals surface area contributed by atoms with Gasteiger partial charge >= 0.3 is 0 Å². The van der Waals surface area contributed by atoms with Gasteiger partial charge in [0, 0.05) is 31.7 Å². The first-order chi connectivity index (χ1) is 10.7. The van der Waals surface area contributed by atoms with Gasteiger partial charge in [-0.05, 0) is 50.9 Å². The molecule has 2 atom stereocenters. The van der Waals surface area contributed by atoms with E-state index in [1.807, 2.05) is 13.0 Å². The van der Waals surface area contributed by atoms with Crippen molar-refractivity contribution in [3.63, 3.8) is 0 Å². The fourth-order valence-corrected chi connectivity index (χ4v) is 3.93. The summed E-state index contributed by atoms with van der Waals surface area (Å²) in [6.45, 7) is 9.71. The predicted molar refractivity (Wildman–Crippen MR) is 88.6 cm³/mol. The van der Waals surface area contributed by atoms with E-state index in [0.717, 1.165) is 30.6 Å². The number of benzene rings is 1. The van der Waals surface area contributed by atoms with Crippen LogP contribution in [-0.4, -0.2) is 55.2 Å². The summed E-state index contributed by atoms with van der Waals surface area (Å²) < 4.78 is 11.1. The van der Waals surface area contributed by atoms with Crippen LogP contribution in [0.5, 0.6) is 11.5 Å². The molecule has 1 aromatic rings. The average Bonchev–Trinajstić information content (AvgIpc) is 3.00. The molecule has 4 heteroatoms. The van der Waals surface area contributed by atoms with E-state index >= 15 is 0 Å². The van der Waals surface area contributed by atoms with Gasteiger partial charge in [0.2, 0.25) is 0 Å². The molecule has 0 bridgehead atoms. The molecule has 2 saturated heterocycles. The van der Waals surface area contributed by atoms with E-state index in [1.54, 1.807) is 7.11 Å². The Kier molecular flexibility index (Phi) is 4.89. The minimum absolute atomic E-state index is 0.633. The molecule has 2 heterocycles. The quantitative estimate of drug-likeness (QED) is 0.835. The van der Waals surface area contributed by atoms with E-state index in [9.17, 15) is 0 Å². The molecular formula is C18H28N2O2. The molecule has 0 amide bonds. The van der Waals surface area contributed by atoms with E-state index < -0.39 is 0 Å². The average molecular weight is 304 g/mol. The number of hydrogen-bond donors (Lipinski definition) is 0. The van der Waals surface area contributed by atoms with Gasteiger partial charge in [0.05, 0.1) is 13.7 Å². The van der Waals surface area contributed by atoms with Gasteiger partial charge in [-0.3, -0.25) is 9.80 Å². The molecule has 3 rings (SSSR count). The second-order valence-corrected chi connectivity index (χ2v) is 6.37. The SMILES string of the molecule is CCOc1cc(CN2CCN3CCC[C@H]3[C@H]2C)ccc1OC. The smallest absolute Gasteiger partial charge is 0.161 e. The van der Waals surface area contributed by atoms with Crippen molar-refractivity contribution in [1.29, 1.82) is 0 Å². The molecule has 1 aromatic carbocycles. The summed E-state index contributed by atoms with van der Waals surface area (Å²) in [6.07, 6.45) is 2.71. The van der Waals surface area contributed by atoms with Crippen molar-refractivity contribution in [3.05, 3.63) is 23.8 Å². The number of nitrogens with zero attached hydrogens (tertiary/aromatic N) is 2. The maximum atomic E-state index is 5.70. The number of fused-ring (bicyclic) bond motifs is 1. The van der Waals surface area contributed by atoms with E-state index in [1.165, 1.54) is 31.5 Å². The van der Waals surface area contributed by atoms with E-state index in [2.05, 4.69) is 28.9 Å². The van der Waals surface area contributed by atoms with Crippen LogP contribution in [0.25, 0.3) is 0 Å². The zero-order valence-electron chi connectivity index (χ0n) is 14.0. The fraction of sp³-hybridized carbons (Fsp3) is 0.667. The lowest BCUT2D eigenvalue weighted by molar-refractivity contribution is 0.0470. The standard InChI is InChI=1S/C18H28N2O2/c1-4-22-18-12-15(7-8-17(18)21-3)13-20-11-10-19-9-5-6-16(19)14(20)2/h7-8,12,14,16H,4-6,9-11,13H2,1-3H3/t14-,16+/m1/s1. The van der Waals surface area contributed by atoms with Crippen LogP contribution < -0.4 is 9.47 Å². The van der Waals surface area contributed by atoms with Gasteiger partial charge < -0.3 is 9.47 Å². The topological polar surface area (TPSA) is 24.9 Å². The van der Waals surface area contributed by atoms with Crippen LogP contribution in [0.4, 0.5) is 0 Å². The second kappa shape index (κ2) is 6.88. The zero-order chi connectivity index (χ0) is 15.5. The van der Waals surface area contributed by atoms with Crippen LogP contribution in [0.3, 0.4) is 0 Å². The summed E-state index contributed by atoms with van der Waals surface area (Å²) in [5, 5.41) is 0. The van der Waals surface area contributed by atoms with Crippen LogP contribution in [0.2, 0.25) is 0 Å². The first-order valence-corrected chi connectivity index (χ1v) is 8.50. The highest BCUT2D eigenvalue weighted by Crippen LogP contribution is 2.31. The van der Waals surface area contributed by atoms with Gasteiger partial charge in [-0.25, -0.2) is 0 Å². The monoisotopic (exact) mass is 304 g/mol. The maximum Gasteiger partial charge on any atom is 0.161 e. The highest BCUT2D eigenvalue weighted by Gasteiger charge is 2.36. The summed E-state index contributed by atoms with van der Waals surface area (Å²) in [7, 11) is 1.69. The molecular weight excluding hydrogens is 276 g/mol. The Morgan fingerprint density at radius 2 is 2.05 bits per heavy atom. The van der Waals surface area contributed by atoms with E-state index in [0.29, 0.717) is 12.6 Å². The summed E-state index contributed by atoms with van der Waals surface area (Å²) in [5.41, 5.74) is 1.31. The minimum atomic E-state index is 0.633. The van der Waals surface area contributed by atoms with Crippen molar-refractivity contribution in [2.45, 2.75) is 45.3 Å². The van der Waals surface area contributed by atoms with Crippen molar-refractivity contribution in [3.8, 4) is 11.5 Å². The molecule has 2 fully saturated rings. The van der Waals surface area contributed by atoms with Crippen LogP contribution in [0.15, 0.2) is 18.2 Å². The first-order valence-electron chi connectivity index (χ1n) is 8.50. The summed E-state index contributed by atoms with van der Waals surface area (Å²) in [5.74, 6) is 1.67. The largest absolute Gasteiger partial charge is 0.493 e. The maximum absolute atomic E-state index is 5.70. The molecule has 0 saturated carbocycles. The Balaban J connectivity index is 1.71. The number of hydrogen-bond acceptors (Lipinski definition) is 4. The highest BCUT2D eigenvalue weighted by atomic mass is 16.5. The summed E-state index contributed by atoms with van der Waals surface area (Å²) in [6, 6.07) is 7.70. The molecule has 122 valence electrons. The summed E-state index contributed by atoms with van der Waals surface area (Å²) in [4.78, 5) is 5.28. The third kappa shape index (κ3) is 3.08. The molecule has 0 radical (unpaired) electrons. The normalized spacial score (nSPS) is 26.0. The Labute approximate surface area is 134 Å². The molecule has 2 aliphatic rings. The van der Waals surface area contributed by atoms with Crippen molar-refractivity contribution in [2.24, 2.45) is 0 Å². The lowest BCUT2D eigenvalue weighted by Gasteiger charge is -2.43. The fourth-order valence-electron chi connectivity index (χ4n) is 3.93. The lowest BCUT2D eigenvalue weighted by atomic mass is 10.0. The van der Waals surface area contributed by atoms with E-state index in [-0.39, 0.29) is 0 Å². The number of piperazine rings is 1. The second-order valence-electron chi connectivity index (χ2n) is 6.37. The van der Waals surface area contributed by atoms with Crippen LogP contribution in [0.1, 0.15) is 32.3 Å². The number of ether oxygens (including phenoxy) is 2. The van der Waals surface area contributed by atoms with Crippen molar-refractivity contribution >= 4 is 0 Å². The predicted octanol–water partition coefficient (Wildman–Crippen LogP) is 2.76. The molecule has 2 aliphatic heterocycles. The Morgan fingerprint density at radius 3 is 2.82 bits per heavy atom. The van der Waals surface area contributed by atoms with Gasteiger partial charge in [-0.15, -0.1) is 0 Å². The van der Waals surface area contributed by atoms with Crippen molar-refractivity contribution < 1.29 is 9.47 Å². The van der Waals surface area contributed by atoms with Crippen molar-refractivity contribution in [2.75, 3.05) is 33.4 Å². The van der Waals surface area contributed by atoms with Crippen LogP contribution >= 0.6 is 0 Å². The molecule has 0 aliphatic carbocycles. The minimum Gasteiger partial charge on any atom is -0.493 e. The van der Waals surface area contributed by atoms with Gasteiger partial charge in [0.25, 0.3) is 0 Å². The molecule has 0 spiro atoms. The zero-order valence-corrected chi connectivity index (χ0v) is 14.0. The third-order valence-electron chi connectivity index (χ3n) is 5.14. The number of methoxy groups -OCH3 is 1. The van der Waals surface area contributed by atoms with Crippen LogP contribution in [-0.2, 0) is 6.54 Å². The van der Waals surface area contributed by atoms with E-state index in [4.69, 9.17) is 9.47 Å². The highest BCUT2D eigenvalue weighted by molar-refractivity contribution is 5.43. The Bertz CT molecular complexity index is 506. The van der Waals surface area contributed by atoms with Crippen molar-refractivity contribution in [1.82, 2.24) is 9.80 Å². The number of rotatable bonds is 5. The molecule has 0 N–H and O–H groups in total. The summed E-state index contributed by atoms with van der Waals surface area (Å²) >= 11 is 0. The van der Waals surface area contributed by atoms with Gasteiger partial charge in [-0.1, -0.05) is 6.07 Å². The molecule has 22 heavy (non-hydrogen) atoms. The first kappa shape index (κ1) is 15.6. The molecule has 0 unspecified atom stereocenters. The van der Waals surface area contributed by atoms with Gasteiger partial charge in [-0.2, -0.15) is 0 Å². The Hall–Kier alpha value is -1.26. The Morgan fingerprint density at radius 1 is 1.18 bits per heavy atom. The molecule has 4 nitrogen and oxygen atoms in total.